The maximum absolute atomic E-state index is 13.0. The summed E-state index contributed by atoms with van der Waals surface area (Å²) in [5, 5.41) is 9.99. The smallest absolute Gasteiger partial charge is 0.123 e. The fraction of sp³-hybridized carbons (Fsp3) is 0.143. The normalized spacial score (nSPS) is 12.4. The molecule has 0 aromatic heterocycles. The highest BCUT2D eigenvalue weighted by Crippen LogP contribution is 2.30. The van der Waals surface area contributed by atoms with Gasteiger partial charge in [0.15, 0.2) is 0 Å². The van der Waals surface area contributed by atoms with E-state index in [1.807, 2.05) is 24.3 Å². The molecule has 1 unspecified atom stereocenters. The summed E-state index contributed by atoms with van der Waals surface area (Å²) in [7, 11) is 0. The summed E-state index contributed by atoms with van der Waals surface area (Å²) in [5.74, 6) is 0.170. The van der Waals surface area contributed by atoms with Crippen LogP contribution in [0.5, 0.6) is 0 Å². The van der Waals surface area contributed by atoms with Gasteiger partial charge in [0, 0.05) is 15.1 Å². The molecular weight excluding hydrogens is 315 g/mol. The Kier molecular flexibility index (Phi) is 4.80. The average molecular weight is 327 g/mol. The second-order valence-electron chi connectivity index (χ2n) is 3.81. The van der Waals surface area contributed by atoms with Crippen LogP contribution in [-0.4, -0.2) is 10.9 Å². The maximum atomic E-state index is 13.0. The number of aliphatic hydroxyl groups excluding tert-OH is 1. The summed E-state index contributed by atoms with van der Waals surface area (Å²) in [5.41, 5.74) is 0.606. The molecule has 2 aromatic rings. The minimum atomic E-state index is -0.669. The highest BCUT2D eigenvalue weighted by molar-refractivity contribution is 9.10. The maximum Gasteiger partial charge on any atom is 0.123 e. The van der Waals surface area contributed by atoms with Gasteiger partial charge >= 0.3 is 0 Å². The lowest BCUT2D eigenvalue weighted by molar-refractivity contribution is 0.203. The summed E-state index contributed by atoms with van der Waals surface area (Å²) in [6, 6.07) is 13.9. The first-order valence-electron chi connectivity index (χ1n) is 5.47. The molecule has 0 aliphatic rings. The van der Waals surface area contributed by atoms with Gasteiger partial charge in [0.2, 0.25) is 0 Å². The zero-order chi connectivity index (χ0) is 13.0. The lowest BCUT2D eigenvalue weighted by Gasteiger charge is -2.11. The molecule has 0 aliphatic carbocycles. The van der Waals surface area contributed by atoms with Crippen molar-refractivity contribution in [1.82, 2.24) is 0 Å². The fourth-order valence-electron chi connectivity index (χ4n) is 1.54. The molecule has 0 radical (unpaired) electrons. The Hall–Kier alpha value is -0.840. The van der Waals surface area contributed by atoms with Crippen LogP contribution in [-0.2, 0) is 0 Å². The second-order valence-corrected chi connectivity index (χ2v) is 5.73. The van der Waals surface area contributed by atoms with Gasteiger partial charge in [-0.2, -0.15) is 0 Å². The van der Waals surface area contributed by atoms with Crippen molar-refractivity contribution in [2.45, 2.75) is 11.0 Å². The molecule has 0 bridgehead atoms. The van der Waals surface area contributed by atoms with Crippen LogP contribution in [0.25, 0.3) is 0 Å². The van der Waals surface area contributed by atoms with Crippen LogP contribution >= 0.6 is 27.7 Å². The van der Waals surface area contributed by atoms with Crippen molar-refractivity contribution >= 4 is 27.7 Å². The van der Waals surface area contributed by atoms with Gasteiger partial charge in [-0.05, 0) is 45.8 Å². The highest BCUT2D eigenvalue weighted by atomic mass is 79.9. The molecule has 0 heterocycles. The van der Waals surface area contributed by atoms with E-state index in [2.05, 4.69) is 15.9 Å². The molecule has 0 saturated heterocycles. The predicted molar refractivity (Wildman–Crippen MR) is 76.2 cm³/mol. The molecule has 0 saturated carbocycles. The van der Waals surface area contributed by atoms with Gasteiger partial charge in [0.25, 0.3) is 0 Å². The number of halogens is 2. The third-order valence-electron chi connectivity index (χ3n) is 2.47. The molecule has 2 rings (SSSR count). The molecule has 4 heteroatoms. The van der Waals surface area contributed by atoms with Gasteiger partial charge in [0.05, 0.1) is 6.10 Å². The Labute approximate surface area is 118 Å². The Morgan fingerprint density at radius 3 is 2.67 bits per heavy atom. The van der Waals surface area contributed by atoms with Crippen LogP contribution in [0.3, 0.4) is 0 Å². The monoisotopic (exact) mass is 326 g/mol. The average Bonchev–Trinajstić information content (AvgIpc) is 2.37. The van der Waals surface area contributed by atoms with Gasteiger partial charge in [-0.15, -0.1) is 11.8 Å². The molecule has 1 N–H and O–H groups in total. The van der Waals surface area contributed by atoms with E-state index in [1.54, 1.807) is 12.1 Å². The van der Waals surface area contributed by atoms with E-state index in [0.29, 0.717) is 11.3 Å². The Morgan fingerprint density at radius 2 is 1.94 bits per heavy atom. The standard InChI is InChI=1S/C14H12BrFOS/c15-12-6-1-2-7-14(12)18-9-13(17)10-4-3-5-11(16)8-10/h1-8,13,17H,9H2. The molecule has 0 fully saturated rings. The summed E-state index contributed by atoms with van der Waals surface area (Å²) in [6.45, 7) is 0. The van der Waals surface area contributed by atoms with Gasteiger partial charge < -0.3 is 5.11 Å². The molecule has 1 atom stereocenters. The predicted octanol–water partition coefficient (Wildman–Crippen LogP) is 4.41. The van der Waals surface area contributed by atoms with E-state index >= 15 is 0 Å². The first kappa shape index (κ1) is 13.6. The fourth-order valence-corrected chi connectivity index (χ4v) is 3.08. The van der Waals surface area contributed by atoms with E-state index in [-0.39, 0.29) is 5.82 Å². The Bertz CT molecular complexity index is 533. The van der Waals surface area contributed by atoms with Crippen LogP contribution in [0.15, 0.2) is 57.9 Å². The lowest BCUT2D eigenvalue weighted by atomic mass is 10.1. The van der Waals surface area contributed by atoms with Gasteiger partial charge in [-0.25, -0.2) is 4.39 Å². The summed E-state index contributed by atoms with van der Waals surface area (Å²) in [4.78, 5) is 1.06. The SMILES string of the molecule is OC(CSc1ccccc1Br)c1cccc(F)c1. The van der Waals surface area contributed by atoms with Crippen molar-refractivity contribution in [2.75, 3.05) is 5.75 Å². The Balaban J connectivity index is 2.00. The van der Waals surface area contributed by atoms with E-state index in [0.717, 1.165) is 9.37 Å². The molecular formula is C14H12BrFOS. The quantitative estimate of drug-likeness (QED) is 0.839. The number of aliphatic hydroxyl groups is 1. The minimum Gasteiger partial charge on any atom is -0.388 e. The van der Waals surface area contributed by atoms with Crippen molar-refractivity contribution in [2.24, 2.45) is 0 Å². The molecule has 0 amide bonds. The van der Waals surface area contributed by atoms with E-state index in [9.17, 15) is 9.50 Å². The van der Waals surface area contributed by atoms with Crippen molar-refractivity contribution in [1.29, 1.82) is 0 Å². The minimum absolute atomic E-state index is 0.322. The summed E-state index contributed by atoms with van der Waals surface area (Å²) in [6.07, 6.45) is -0.669. The number of benzene rings is 2. The van der Waals surface area contributed by atoms with Crippen LogP contribution < -0.4 is 0 Å². The van der Waals surface area contributed by atoms with E-state index in [4.69, 9.17) is 0 Å². The third-order valence-corrected chi connectivity index (χ3v) is 4.57. The van der Waals surface area contributed by atoms with Crippen LogP contribution in [0.4, 0.5) is 4.39 Å². The van der Waals surface area contributed by atoms with Crippen molar-refractivity contribution in [3.8, 4) is 0 Å². The molecule has 94 valence electrons. The number of hydrogen-bond donors (Lipinski definition) is 1. The largest absolute Gasteiger partial charge is 0.388 e. The van der Waals surface area contributed by atoms with Crippen molar-refractivity contribution in [3.63, 3.8) is 0 Å². The number of thioether (sulfide) groups is 1. The molecule has 18 heavy (non-hydrogen) atoms. The van der Waals surface area contributed by atoms with E-state index < -0.39 is 6.10 Å². The van der Waals surface area contributed by atoms with Crippen LogP contribution in [0, 0.1) is 5.82 Å². The topological polar surface area (TPSA) is 20.2 Å². The summed E-state index contributed by atoms with van der Waals surface area (Å²) < 4.78 is 14.0. The van der Waals surface area contributed by atoms with Crippen LogP contribution in [0.2, 0.25) is 0 Å². The number of rotatable bonds is 4. The van der Waals surface area contributed by atoms with Gasteiger partial charge in [-0.3, -0.25) is 0 Å². The van der Waals surface area contributed by atoms with Crippen molar-refractivity contribution < 1.29 is 9.50 Å². The highest BCUT2D eigenvalue weighted by Gasteiger charge is 2.09. The molecule has 0 aliphatic heterocycles. The number of hydrogen-bond acceptors (Lipinski definition) is 2. The molecule has 2 aromatic carbocycles. The zero-order valence-corrected chi connectivity index (χ0v) is 11.9. The van der Waals surface area contributed by atoms with E-state index in [1.165, 1.54) is 23.9 Å². The first-order valence-corrected chi connectivity index (χ1v) is 7.25. The Morgan fingerprint density at radius 1 is 1.17 bits per heavy atom. The molecule has 0 spiro atoms. The first-order chi connectivity index (χ1) is 8.66. The summed E-state index contributed by atoms with van der Waals surface area (Å²) >= 11 is 4.99. The second kappa shape index (κ2) is 6.36. The molecule has 1 nitrogen and oxygen atoms in total. The van der Waals surface area contributed by atoms with Crippen LogP contribution in [0.1, 0.15) is 11.7 Å². The lowest BCUT2D eigenvalue weighted by Crippen LogP contribution is -2.00. The van der Waals surface area contributed by atoms with Gasteiger partial charge in [0.1, 0.15) is 5.82 Å². The van der Waals surface area contributed by atoms with Gasteiger partial charge in [-0.1, -0.05) is 24.3 Å². The third kappa shape index (κ3) is 3.57. The van der Waals surface area contributed by atoms with Crippen molar-refractivity contribution in [3.05, 3.63) is 64.4 Å². The zero-order valence-electron chi connectivity index (χ0n) is 9.51.